The van der Waals surface area contributed by atoms with E-state index in [0.29, 0.717) is 24.1 Å². The molecule has 3 rings (SSSR count). The third kappa shape index (κ3) is 2.21. The van der Waals surface area contributed by atoms with Crippen LogP contribution in [-0.2, 0) is 18.8 Å². The molecule has 1 aliphatic heterocycles. The summed E-state index contributed by atoms with van der Waals surface area (Å²) in [6.07, 6.45) is 1.81. The molecule has 0 aliphatic carbocycles. The largest absolute Gasteiger partial charge is 0.372 e. The van der Waals surface area contributed by atoms with Crippen molar-refractivity contribution in [3.8, 4) is 0 Å². The molecule has 0 spiro atoms. The number of nitrogens with zero attached hydrogens (tertiary/aromatic N) is 4. The summed E-state index contributed by atoms with van der Waals surface area (Å²) in [4.78, 5) is 31.0. The first-order valence-electron chi connectivity index (χ1n) is 7.35. The van der Waals surface area contributed by atoms with Crippen LogP contribution in [0.1, 0.15) is 13.8 Å². The zero-order valence-corrected chi connectivity index (χ0v) is 13.2. The van der Waals surface area contributed by atoms with Crippen LogP contribution < -0.4 is 16.1 Å². The average Bonchev–Trinajstić information content (AvgIpc) is 2.49. The number of anilines is 1. The number of hydrogen-bond acceptors (Lipinski definition) is 5. The third-order valence-electron chi connectivity index (χ3n) is 4.08. The highest BCUT2D eigenvalue weighted by atomic mass is 16.5. The Kier molecular flexibility index (Phi) is 3.52. The SMILES string of the molecule is C[C@H]1CN(c2ccnc3c2c(=O)n(C)c(=O)n3C)C[C@H](C)O1. The average molecular weight is 304 g/mol. The van der Waals surface area contributed by atoms with Crippen molar-refractivity contribution in [1.29, 1.82) is 0 Å². The second-order valence-corrected chi connectivity index (χ2v) is 5.90. The van der Waals surface area contributed by atoms with Crippen molar-refractivity contribution in [2.75, 3.05) is 18.0 Å². The highest BCUT2D eigenvalue weighted by Gasteiger charge is 2.25. The minimum Gasteiger partial charge on any atom is -0.372 e. The molecule has 0 amide bonds. The first kappa shape index (κ1) is 14.8. The third-order valence-corrected chi connectivity index (χ3v) is 4.08. The van der Waals surface area contributed by atoms with E-state index in [4.69, 9.17) is 4.74 Å². The molecule has 2 atom stereocenters. The molecule has 1 aliphatic rings. The Morgan fingerprint density at radius 2 is 1.77 bits per heavy atom. The molecular formula is C15H20N4O3. The van der Waals surface area contributed by atoms with Crippen LogP contribution in [-0.4, -0.2) is 39.4 Å². The number of morpholine rings is 1. The molecule has 118 valence electrons. The molecule has 2 aromatic heterocycles. The Hall–Kier alpha value is -2.15. The van der Waals surface area contributed by atoms with Crippen molar-refractivity contribution in [1.82, 2.24) is 14.1 Å². The molecule has 0 radical (unpaired) electrons. The highest BCUT2D eigenvalue weighted by molar-refractivity contribution is 5.88. The molecule has 0 aromatic carbocycles. The van der Waals surface area contributed by atoms with Crippen molar-refractivity contribution < 1.29 is 4.74 Å². The van der Waals surface area contributed by atoms with Gasteiger partial charge in [-0.1, -0.05) is 0 Å². The topological polar surface area (TPSA) is 69.4 Å². The van der Waals surface area contributed by atoms with Crippen LogP contribution in [0.5, 0.6) is 0 Å². The minimum atomic E-state index is -0.370. The zero-order valence-electron chi connectivity index (χ0n) is 13.2. The lowest BCUT2D eigenvalue weighted by Crippen LogP contribution is -2.46. The molecule has 0 unspecified atom stereocenters. The lowest BCUT2D eigenvalue weighted by molar-refractivity contribution is -0.00514. The molecule has 7 heteroatoms. The fourth-order valence-corrected chi connectivity index (χ4v) is 3.11. The molecule has 1 saturated heterocycles. The van der Waals surface area contributed by atoms with Crippen molar-refractivity contribution in [3.05, 3.63) is 33.1 Å². The maximum atomic E-state index is 12.6. The van der Waals surface area contributed by atoms with Gasteiger partial charge in [0.05, 0.1) is 17.9 Å². The molecule has 0 N–H and O–H groups in total. The Morgan fingerprint density at radius 1 is 1.14 bits per heavy atom. The lowest BCUT2D eigenvalue weighted by atomic mass is 10.1. The van der Waals surface area contributed by atoms with Crippen molar-refractivity contribution in [2.24, 2.45) is 14.1 Å². The van der Waals surface area contributed by atoms with Crippen LogP contribution in [0.3, 0.4) is 0 Å². The number of fused-ring (bicyclic) bond motifs is 1. The van der Waals surface area contributed by atoms with Crippen LogP contribution in [0.25, 0.3) is 11.0 Å². The minimum absolute atomic E-state index is 0.0864. The van der Waals surface area contributed by atoms with E-state index in [9.17, 15) is 9.59 Å². The van der Waals surface area contributed by atoms with E-state index in [-0.39, 0.29) is 23.5 Å². The number of aromatic nitrogens is 3. The summed E-state index contributed by atoms with van der Waals surface area (Å²) in [6, 6.07) is 1.83. The van der Waals surface area contributed by atoms with Crippen molar-refractivity contribution in [3.63, 3.8) is 0 Å². The van der Waals surface area contributed by atoms with Gasteiger partial charge < -0.3 is 9.64 Å². The molecular weight excluding hydrogens is 284 g/mol. The Labute approximate surface area is 127 Å². The second-order valence-electron chi connectivity index (χ2n) is 5.90. The van der Waals surface area contributed by atoms with Gasteiger partial charge >= 0.3 is 5.69 Å². The molecule has 3 heterocycles. The van der Waals surface area contributed by atoms with E-state index in [1.54, 1.807) is 13.2 Å². The first-order chi connectivity index (χ1) is 10.4. The van der Waals surface area contributed by atoms with E-state index < -0.39 is 0 Å². The molecule has 0 bridgehead atoms. The van der Waals surface area contributed by atoms with Crippen molar-refractivity contribution >= 4 is 16.7 Å². The van der Waals surface area contributed by atoms with Gasteiger partial charge in [-0.25, -0.2) is 9.78 Å². The van der Waals surface area contributed by atoms with Crippen LogP contribution in [0.4, 0.5) is 5.69 Å². The molecule has 7 nitrogen and oxygen atoms in total. The zero-order chi connectivity index (χ0) is 16.0. The van der Waals surface area contributed by atoms with Gasteiger partial charge in [-0.2, -0.15) is 0 Å². The van der Waals surface area contributed by atoms with E-state index in [2.05, 4.69) is 9.88 Å². The smallest absolute Gasteiger partial charge is 0.332 e. The highest BCUT2D eigenvalue weighted by Crippen LogP contribution is 2.25. The van der Waals surface area contributed by atoms with Gasteiger partial charge in [0.2, 0.25) is 0 Å². The summed E-state index contributed by atoms with van der Waals surface area (Å²) >= 11 is 0. The van der Waals surface area contributed by atoms with Crippen LogP contribution in [0.2, 0.25) is 0 Å². The summed E-state index contributed by atoms with van der Waals surface area (Å²) in [5.41, 5.74) is 0.541. The number of rotatable bonds is 1. The van der Waals surface area contributed by atoms with E-state index in [1.165, 1.54) is 11.6 Å². The summed E-state index contributed by atoms with van der Waals surface area (Å²) in [5, 5.41) is 0.480. The van der Waals surface area contributed by atoms with Gasteiger partial charge in [0.15, 0.2) is 5.65 Å². The fraction of sp³-hybridized carbons (Fsp3) is 0.533. The number of aryl methyl sites for hydroxylation is 1. The summed E-state index contributed by atoms with van der Waals surface area (Å²) in [6.45, 7) is 5.44. The molecule has 1 fully saturated rings. The monoisotopic (exact) mass is 304 g/mol. The number of ether oxygens (including phenoxy) is 1. The molecule has 2 aromatic rings. The number of pyridine rings is 1. The lowest BCUT2D eigenvalue weighted by Gasteiger charge is -2.37. The Morgan fingerprint density at radius 3 is 2.41 bits per heavy atom. The molecule has 22 heavy (non-hydrogen) atoms. The van der Waals surface area contributed by atoms with Crippen LogP contribution in [0.15, 0.2) is 21.9 Å². The standard InChI is InChI=1S/C15H20N4O3/c1-9-7-19(8-10(2)22-9)11-5-6-16-13-12(11)14(20)18(4)15(21)17(13)3/h5-6,9-10H,7-8H2,1-4H3/t9-,10-/m0/s1. The molecule has 0 saturated carbocycles. The fourth-order valence-electron chi connectivity index (χ4n) is 3.11. The number of hydrogen-bond donors (Lipinski definition) is 0. The Balaban J connectivity index is 2.27. The van der Waals surface area contributed by atoms with E-state index in [1.807, 2.05) is 19.9 Å². The van der Waals surface area contributed by atoms with E-state index in [0.717, 1.165) is 10.3 Å². The Bertz CT molecular complexity index is 829. The van der Waals surface area contributed by atoms with Gasteiger partial charge in [-0.3, -0.25) is 13.9 Å². The van der Waals surface area contributed by atoms with Gasteiger partial charge in [-0.05, 0) is 19.9 Å². The first-order valence-corrected chi connectivity index (χ1v) is 7.35. The van der Waals surface area contributed by atoms with Crippen LogP contribution >= 0.6 is 0 Å². The van der Waals surface area contributed by atoms with Gasteiger partial charge in [-0.15, -0.1) is 0 Å². The quantitative estimate of drug-likeness (QED) is 0.755. The van der Waals surface area contributed by atoms with Crippen LogP contribution in [0, 0.1) is 0 Å². The van der Waals surface area contributed by atoms with Crippen molar-refractivity contribution in [2.45, 2.75) is 26.1 Å². The summed E-state index contributed by atoms with van der Waals surface area (Å²) in [5.74, 6) is 0. The predicted molar refractivity (Wildman–Crippen MR) is 84.4 cm³/mol. The van der Waals surface area contributed by atoms with Gasteiger partial charge in [0.1, 0.15) is 5.39 Å². The second kappa shape index (κ2) is 5.24. The summed E-state index contributed by atoms with van der Waals surface area (Å²) in [7, 11) is 3.12. The predicted octanol–water partition coefficient (Wildman–Crippen LogP) is 0.246. The van der Waals surface area contributed by atoms with Gasteiger partial charge in [0, 0.05) is 33.4 Å². The van der Waals surface area contributed by atoms with Gasteiger partial charge in [0.25, 0.3) is 5.56 Å². The normalized spacial score (nSPS) is 22.3. The maximum Gasteiger partial charge on any atom is 0.332 e. The van der Waals surface area contributed by atoms with E-state index >= 15 is 0 Å². The summed E-state index contributed by atoms with van der Waals surface area (Å²) < 4.78 is 8.29. The maximum absolute atomic E-state index is 12.6.